The van der Waals surface area contributed by atoms with E-state index in [9.17, 15) is 0 Å². The van der Waals surface area contributed by atoms with Gasteiger partial charge in [0.15, 0.2) is 11.5 Å². The van der Waals surface area contributed by atoms with Gasteiger partial charge >= 0.3 is 0 Å². The first-order chi connectivity index (χ1) is 9.17. The van der Waals surface area contributed by atoms with Crippen molar-refractivity contribution in [3.63, 3.8) is 0 Å². The van der Waals surface area contributed by atoms with Crippen LogP contribution in [0.5, 0.6) is 11.5 Å². The van der Waals surface area contributed by atoms with E-state index in [1.54, 1.807) is 14.2 Å². The lowest BCUT2D eigenvalue weighted by atomic mass is 9.91. The van der Waals surface area contributed by atoms with E-state index in [0.29, 0.717) is 5.92 Å². The second kappa shape index (κ2) is 6.49. The van der Waals surface area contributed by atoms with E-state index in [2.05, 4.69) is 5.32 Å². The van der Waals surface area contributed by atoms with E-state index in [1.807, 2.05) is 13.0 Å². The summed E-state index contributed by atoms with van der Waals surface area (Å²) in [5.74, 6) is 2.23. The van der Waals surface area contributed by atoms with Crippen LogP contribution in [0.25, 0.3) is 0 Å². The van der Waals surface area contributed by atoms with Crippen molar-refractivity contribution >= 4 is 11.6 Å². The van der Waals surface area contributed by atoms with Gasteiger partial charge in [0.1, 0.15) is 0 Å². The molecule has 0 bridgehead atoms. The maximum absolute atomic E-state index is 6.29. The molecule has 4 heteroatoms. The Kier molecular flexibility index (Phi) is 4.94. The zero-order chi connectivity index (χ0) is 13.8. The van der Waals surface area contributed by atoms with Crippen molar-refractivity contribution in [3.8, 4) is 11.5 Å². The van der Waals surface area contributed by atoms with Gasteiger partial charge in [-0.25, -0.2) is 0 Å². The first kappa shape index (κ1) is 14.5. The van der Waals surface area contributed by atoms with E-state index in [4.69, 9.17) is 21.1 Å². The molecule has 1 aliphatic heterocycles. The molecule has 0 radical (unpaired) electrons. The van der Waals surface area contributed by atoms with Crippen LogP contribution in [-0.4, -0.2) is 27.3 Å². The molecule has 1 saturated heterocycles. The van der Waals surface area contributed by atoms with Crippen LogP contribution >= 0.6 is 11.6 Å². The minimum absolute atomic E-state index is 0.645. The molecule has 106 valence electrons. The molecule has 1 fully saturated rings. The van der Waals surface area contributed by atoms with Crippen molar-refractivity contribution in [2.24, 2.45) is 5.92 Å². The van der Waals surface area contributed by atoms with Crippen molar-refractivity contribution in [3.05, 3.63) is 22.2 Å². The van der Waals surface area contributed by atoms with Gasteiger partial charge in [0.05, 0.1) is 14.2 Å². The summed E-state index contributed by atoms with van der Waals surface area (Å²) in [6, 6.07) is 2.02. The standard InChI is InChI=1S/C15H22ClNO2/c1-10-13(16)8-12(15(19-3)14(10)18-2)7-11-5-4-6-17-9-11/h8,11,17H,4-7,9H2,1-3H3. The molecule has 1 aromatic rings. The molecule has 2 rings (SSSR count). The van der Waals surface area contributed by atoms with Crippen LogP contribution in [0.15, 0.2) is 6.07 Å². The lowest BCUT2D eigenvalue weighted by Gasteiger charge is -2.24. The predicted molar refractivity (Wildman–Crippen MR) is 78.6 cm³/mol. The monoisotopic (exact) mass is 283 g/mol. The van der Waals surface area contributed by atoms with Crippen LogP contribution in [0.4, 0.5) is 0 Å². The van der Waals surface area contributed by atoms with E-state index in [1.165, 1.54) is 12.8 Å². The zero-order valence-corrected chi connectivity index (χ0v) is 12.6. The molecule has 0 saturated carbocycles. The largest absolute Gasteiger partial charge is 0.493 e. The van der Waals surface area contributed by atoms with Gasteiger partial charge in [-0.3, -0.25) is 0 Å². The summed E-state index contributed by atoms with van der Waals surface area (Å²) < 4.78 is 11.0. The quantitative estimate of drug-likeness (QED) is 0.920. The number of ether oxygens (including phenoxy) is 2. The molecular formula is C15H22ClNO2. The molecular weight excluding hydrogens is 262 g/mol. The highest BCUT2D eigenvalue weighted by Crippen LogP contribution is 2.40. The van der Waals surface area contributed by atoms with E-state index in [0.717, 1.165) is 47.2 Å². The van der Waals surface area contributed by atoms with Crippen molar-refractivity contribution in [2.75, 3.05) is 27.3 Å². The number of hydrogen-bond donors (Lipinski definition) is 1. The number of benzene rings is 1. The summed E-state index contributed by atoms with van der Waals surface area (Å²) in [7, 11) is 3.35. The zero-order valence-electron chi connectivity index (χ0n) is 11.9. The predicted octanol–water partition coefficient (Wildman–Crippen LogP) is 3.21. The van der Waals surface area contributed by atoms with Crippen LogP contribution in [0.1, 0.15) is 24.0 Å². The molecule has 1 unspecified atom stereocenters. The third-order valence-corrected chi connectivity index (χ3v) is 4.21. The fraction of sp³-hybridized carbons (Fsp3) is 0.600. The smallest absolute Gasteiger partial charge is 0.165 e. The fourth-order valence-corrected chi connectivity index (χ4v) is 3.00. The third-order valence-electron chi connectivity index (χ3n) is 3.81. The minimum atomic E-state index is 0.645. The molecule has 0 aromatic heterocycles. The minimum Gasteiger partial charge on any atom is -0.493 e. The van der Waals surface area contributed by atoms with Crippen LogP contribution in [0, 0.1) is 12.8 Å². The van der Waals surface area contributed by atoms with Gasteiger partial charge in [0, 0.05) is 10.6 Å². The van der Waals surface area contributed by atoms with Crippen molar-refractivity contribution < 1.29 is 9.47 Å². The number of nitrogens with one attached hydrogen (secondary N) is 1. The van der Waals surface area contributed by atoms with E-state index in [-0.39, 0.29) is 0 Å². The Bertz CT molecular complexity index is 442. The second-order valence-electron chi connectivity index (χ2n) is 5.13. The van der Waals surface area contributed by atoms with Gasteiger partial charge in [-0.05, 0) is 56.8 Å². The summed E-state index contributed by atoms with van der Waals surface area (Å²) in [5.41, 5.74) is 2.08. The van der Waals surface area contributed by atoms with Crippen LogP contribution in [-0.2, 0) is 6.42 Å². The summed E-state index contributed by atoms with van der Waals surface area (Å²) >= 11 is 6.29. The molecule has 1 atom stereocenters. The van der Waals surface area contributed by atoms with Gasteiger partial charge in [-0.2, -0.15) is 0 Å². The number of methoxy groups -OCH3 is 2. The molecule has 1 aliphatic rings. The van der Waals surface area contributed by atoms with Crippen LogP contribution in [0.2, 0.25) is 5.02 Å². The third kappa shape index (κ3) is 3.15. The highest BCUT2D eigenvalue weighted by atomic mass is 35.5. The summed E-state index contributed by atoms with van der Waals surface area (Å²) in [4.78, 5) is 0. The molecule has 0 aliphatic carbocycles. The molecule has 3 nitrogen and oxygen atoms in total. The Morgan fingerprint density at radius 1 is 1.32 bits per heavy atom. The topological polar surface area (TPSA) is 30.5 Å². The summed E-state index contributed by atoms with van der Waals surface area (Å²) in [6.07, 6.45) is 3.47. The molecule has 0 spiro atoms. The highest BCUT2D eigenvalue weighted by molar-refractivity contribution is 6.31. The van der Waals surface area contributed by atoms with Gasteiger partial charge < -0.3 is 14.8 Å². The van der Waals surface area contributed by atoms with Crippen LogP contribution in [0.3, 0.4) is 0 Å². The number of halogens is 1. The number of piperidine rings is 1. The molecule has 0 amide bonds. The molecule has 1 N–H and O–H groups in total. The highest BCUT2D eigenvalue weighted by Gasteiger charge is 2.20. The Hall–Kier alpha value is -0.930. The van der Waals surface area contributed by atoms with Gasteiger partial charge in [-0.1, -0.05) is 11.6 Å². The normalized spacial score (nSPS) is 19.3. The Morgan fingerprint density at radius 3 is 2.63 bits per heavy atom. The SMILES string of the molecule is COc1c(CC2CCCNC2)cc(Cl)c(C)c1OC. The van der Waals surface area contributed by atoms with E-state index >= 15 is 0 Å². The lowest BCUT2D eigenvalue weighted by Crippen LogP contribution is -2.30. The average molecular weight is 284 g/mol. The van der Waals surface area contributed by atoms with Gasteiger partial charge in [0.25, 0.3) is 0 Å². The Labute approximate surface area is 120 Å². The Balaban J connectivity index is 2.30. The number of hydrogen-bond acceptors (Lipinski definition) is 3. The first-order valence-electron chi connectivity index (χ1n) is 6.78. The van der Waals surface area contributed by atoms with E-state index < -0.39 is 0 Å². The average Bonchev–Trinajstić information content (AvgIpc) is 2.43. The van der Waals surface area contributed by atoms with Gasteiger partial charge in [-0.15, -0.1) is 0 Å². The van der Waals surface area contributed by atoms with Crippen molar-refractivity contribution in [1.29, 1.82) is 0 Å². The first-order valence-corrected chi connectivity index (χ1v) is 7.15. The number of rotatable bonds is 4. The van der Waals surface area contributed by atoms with Crippen molar-refractivity contribution in [2.45, 2.75) is 26.2 Å². The van der Waals surface area contributed by atoms with Crippen LogP contribution < -0.4 is 14.8 Å². The Morgan fingerprint density at radius 2 is 2.05 bits per heavy atom. The molecule has 19 heavy (non-hydrogen) atoms. The molecule has 1 heterocycles. The maximum atomic E-state index is 6.29. The van der Waals surface area contributed by atoms with Gasteiger partial charge in [0.2, 0.25) is 0 Å². The van der Waals surface area contributed by atoms with Crippen molar-refractivity contribution in [1.82, 2.24) is 5.32 Å². The summed E-state index contributed by atoms with van der Waals surface area (Å²) in [6.45, 7) is 4.15. The lowest BCUT2D eigenvalue weighted by molar-refractivity contribution is 0.339. The second-order valence-corrected chi connectivity index (χ2v) is 5.53. The summed E-state index contributed by atoms with van der Waals surface area (Å²) in [5, 5.41) is 4.19. The maximum Gasteiger partial charge on any atom is 0.165 e. The molecule has 1 aromatic carbocycles. The fourth-order valence-electron chi connectivity index (χ4n) is 2.78.